The molecule has 3 N–H and O–H groups in total. The minimum atomic E-state index is -3.85. The molecular formula is C14H10ClNO6S. The summed E-state index contributed by atoms with van der Waals surface area (Å²) in [7, 11) is -3.85. The number of ketones is 1. The van der Waals surface area contributed by atoms with Gasteiger partial charge in [-0.2, -0.15) is 0 Å². The Morgan fingerprint density at radius 1 is 1.09 bits per heavy atom. The molecule has 0 saturated carbocycles. The van der Waals surface area contributed by atoms with E-state index in [2.05, 4.69) is 4.98 Å². The molecule has 120 valence electrons. The highest BCUT2D eigenvalue weighted by Gasteiger charge is 2.21. The molecule has 0 bridgehead atoms. The van der Waals surface area contributed by atoms with Crippen LogP contribution in [0, 0.1) is 0 Å². The molecule has 2 rings (SSSR count). The smallest absolute Gasteiger partial charge is 0.371 e. The van der Waals surface area contributed by atoms with E-state index in [4.69, 9.17) is 21.8 Å². The Hall–Kier alpha value is -2.58. The first-order chi connectivity index (χ1) is 10.7. The monoisotopic (exact) mass is 355 g/mol. The van der Waals surface area contributed by atoms with Crippen LogP contribution in [-0.4, -0.2) is 35.4 Å². The first-order valence-electron chi connectivity index (χ1n) is 6.09. The lowest BCUT2D eigenvalue weighted by Crippen LogP contribution is -2.04. The first-order valence-corrected chi connectivity index (χ1v) is 7.95. The summed E-state index contributed by atoms with van der Waals surface area (Å²) in [4.78, 5) is 24.4. The van der Waals surface area contributed by atoms with E-state index in [1.165, 1.54) is 24.3 Å². The molecule has 0 aliphatic heterocycles. The maximum Gasteiger partial charge on any atom is 0.371 e. The Morgan fingerprint density at radius 2 is 1.70 bits per heavy atom. The fourth-order valence-electron chi connectivity index (χ4n) is 1.69. The first kappa shape index (κ1) is 16.8. The Kier molecular flexibility index (Phi) is 4.57. The molecule has 23 heavy (non-hydrogen) atoms. The van der Waals surface area contributed by atoms with Crippen LogP contribution in [0.25, 0.3) is 0 Å². The van der Waals surface area contributed by atoms with Crippen LogP contribution in [0.4, 0.5) is 0 Å². The number of rotatable bonds is 5. The third kappa shape index (κ3) is 3.61. The molecule has 0 saturated heterocycles. The number of nitrogens with one attached hydrogen (secondary N) is 1. The largest absolute Gasteiger partial charge is 0.502 e. The lowest BCUT2D eigenvalue weighted by Gasteiger charge is -2.01. The Morgan fingerprint density at radius 3 is 2.26 bits per heavy atom. The van der Waals surface area contributed by atoms with Crippen molar-refractivity contribution in [2.24, 2.45) is 0 Å². The molecule has 0 spiro atoms. The van der Waals surface area contributed by atoms with Crippen LogP contribution in [0.2, 0.25) is 5.02 Å². The fraction of sp³-hybridized carbons (Fsp3) is 0. The lowest BCUT2D eigenvalue weighted by molar-refractivity contribution is -0.135. The van der Waals surface area contributed by atoms with Crippen LogP contribution >= 0.6 is 11.6 Å². The van der Waals surface area contributed by atoms with Gasteiger partial charge in [0, 0.05) is 17.3 Å². The summed E-state index contributed by atoms with van der Waals surface area (Å²) >= 11 is 5.70. The summed E-state index contributed by atoms with van der Waals surface area (Å²) in [5.41, 5.74) is -0.176. The number of aromatic amines is 1. The average Bonchev–Trinajstić information content (AvgIpc) is 2.98. The van der Waals surface area contributed by atoms with E-state index in [1.807, 2.05) is 0 Å². The molecule has 0 fully saturated rings. The zero-order valence-electron chi connectivity index (χ0n) is 11.4. The highest BCUT2D eigenvalue weighted by molar-refractivity contribution is 7.91. The van der Waals surface area contributed by atoms with Gasteiger partial charge in [-0.1, -0.05) is 11.6 Å². The maximum atomic E-state index is 12.4. The lowest BCUT2D eigenvalue weighted by atomic mass is 10.2. The molecule has 0 aliphatic rings. The van der Waals surface area contributed by atoms with Crippen LogP contribution in [0.1, 0.15) is 10.5 Å². The highest BCUT2D eigenvalue weighted by atomic mass is 35.5. The third-order valence-corrected chi connectivity index (χ3v) is 4.84. The van der Waals surface area contributed by atoms with Crippen LogP contribution < -0.4 is 0 Å². The number of halogens is 1. The minimum absolute atomic E-state index is 0.0103. The number of carboxylic acids is 1. The van der Waals surface area contributed by atoms with E-state index in [-0.39, 0.29) is 15.5 Å². The normalized spacial score (nSPS) is 12.1. The van der Waals surface area contributed by atoms with Crippen LogP contribution in [0.5, 0.6) is 0 Å². The van der Waals surface area contributed by atoms with E-state index >= 15 is 0 Å². The molecule has 1 aromatic carbocycles. The Balaban J connectivity index is 2.35. The fourth-order valence-corrected chi connectivity index (χ4v) is 3.06. The van der Waals surface area contributed by atoms with E-state index in [0.29, 0.717) is 11.1 Å². The summed E-state index contributed by atoms with van der Waals surface area (Å²) in [5.74, 6) is -3.69. The molecular weight excluding hydrogens is 346 g/mol. The van der Waals surface area contributed by atoms with Gasteiger partial charge in [0.15, 0.2) is 0 Å². The Bertz CT molecular complexity index is 896. The van der Waals surface area contributed by atoms with Gasteiger partial charge >= 0.3 is 5.97 Å². The quantitative estimate of drug-likeness (QED) is 0.429. The molecule has 0 aliphatic carbocycles. The van der Waals surface area contributed by atoms with Gasteiger partial charge in [-0.05, 0) is 30.3 Å². The van der Waals surface area contributed by atoms with Gasteiger partial charge in [-0.25, -0.2) is 13.2 Å². The number of aromatic nitrogens is 1. The molecule has 1 aromatic heterocycles. The number of aliphatic hydroxyl groups is 1. The van der Waals surface area contributed by atoms with Crippen LogP contribution in [0.3, 0.4) is 0 Å². The van der Waals surface area contributed by atoms with Gasteiger partial charge in [0.1, 0.15) is 0 Å². The van der Waals surface area contributed by atoms with Crippen molar-refractivity contribution in [2.45, 2.75) is 9.79 Å². The van der Waals surface area contributed by atoms with Gasteiger partial charge in [0.05, 0.1) is 15.5 Å². The summed E-state index contributed by atoms with van der Waals surface area (Å²) in [6, 6.07) is 6.53. The number of allylic oxidation sites excluding steroid dienone is 1. The molecule has 9 heteroatoms. The van der Waals surface area contributed by atoms with Crippen molar-refractivity contribution >= 4 is 33.2 Å². The molecule has 7 nitrogen and oxygen atoms in total. The zero-order chi connectivity index (χ0) is 17.2. The predicted molar refractivity (Wildman–Crippen MR) is 80.4 cm³/mol. The van der Waals surface area contributed by atoms with E-state index in [1.54, 1.807) is 0 Å². The van der Waals surface area contributed by atoms with Crippen molar-refractivity contribution in [1.82, 2.24) is 4.98 Å². The molecule has 0 atom stereocenters. The molecule has 0 amide bonds. The molecule has 1 heterocycles. The van der Waals surface area contributed by atoms with Crippen molar-refractivity contribution < 1.29 is 28.2 Å². The van der Waals surface area contributed by atoms with E-state index in [0.717, 1.165) is 12.3 Å². The van der Waals surface area contributed by atoms with Gasteiger partial charge in [-0.15, -0.1) is 0 Å². The molecule has 2 aromatic rings. The SMILES string of the molecule is O=C(O)/C(O)=C/C(=O)c1cc(S(=O)(=O)c2ccc(Cl)cc2)c[nH]1. The summed E-state index contributed by atoms with van der Waals surface area (Å²) in [6.07, 6.45) is 1.58. The summed E-state index contributed by atoms with van der Waals surface area (Å²) in [6.45, 7) is 0. The topological polar surface area (TPSA) is 125 Å². The van der Waals surface area contributed by atoms with E-state index < -0.39 is 27.3 Å². The number of hydrogen-bond donors (Lipinski definition) is 3. The van der Waals surface area contributed by atoms with Gasteiger partial charge in [-0.3, -0.25) is 4.79 Å². The Labute approximate surface area is 135 Å². The number of benzene rings is 1. The second kappa shape index (κ2) is 6.27. The second-order valence-electron chi connectivity index (χ2n) is 4.41. The van der Waals surface area contributed by atoms with Crippen LogP contribution in [-0.2, 0) is 14.6 Å². The van der Waals surface area contributed by atoms with Gasteiger partial charge < -0.3 is 15.2 Å². The number of H-pyrrole nitrogens is 1. The minimum Gasteiger partial charge on any atom is -0.502 e. The standard InChI is InChI=1S/C14H10ClNO6S/c15-8-1-3-9(4-2-8)23(21,22)10-5-11(16-7-10)12(17)6-13(18)14(19)20/h1-7,16,18H,(H,19,20)/b13-6-. The highest BCUT2D eigenvalue weighted by Crippen LogP contribution is 2.23. The van der Waals surface area contributed by atoms with Gasteiger partial charge in [0.2, 0.25) is 21.4 Å². The third-order valence-electron chi connectivity index (χ3n) is 2.84. The average molecular weight is 356 g/mol. The van der Waals surface area contributed by atoms with Crippen molar-refractivity contribution in [3.63, 3.8) is 0 Å². The van der Waals surface area contributed by atoms with Crippen molar-refractivity contribution in [2.75, 3.05) is 0 Å². The number of hydrogen-bond acceptors (Lipinski definition) is 5. The van der Waals surface area contributed by atoms with Crippen molar-refractivity contribution in [3.05, 3.63) is 59.1 Å². The number of carbonyl (C=O) groups excluding carboxylic acids is 1. The number of sulfone groups is 1. The maximum absolute atomic E-state index is 12.4. The molecule has 0 radical (unpaired) electrons. The van der Waals surface area contributed by atoms with Crippen LogP contribution in [0.15, 0.2) is 58.2 Å². The van der Waals surface area contributed by atoms with Gasteiger partial charge in [0.25, 0.3) is 0 Å². The number of aliphatic hydroxyl groups excluding tert-OH is 1. The van der Waals surface area contributed by atoms with Crippen molar-refractivity contribution in [1.29, 1.82) is 0 Å². The predicted octanol–water partition coefficient (Wildman–Crippen LogP) is 2.21. The summed E-state index contributed by atoms with van der Waals surface area (Å²) in [5, 5.41) is 17.9. The second-order valence-corrected chi connectivity index (χ2v) is 6.79. The molecule has 0 unspecified atom stereocenters. The summed E-state index contributed by atoms with van der Waals surface area (Å²) < 4.78 is 24.8. The number of aliphatic carboxylic acids is 1. The number of carboxylic acid groups (broad SMARTS) is 1. The van der Waals surface area contributed by atoms with Crippen molar-refractivity contribution in [3.8, 4) is 0 Å². The van der Waals surface area contributed by atoms with E-state index in [9.17, 15) is 18.0 Å². The number of carbonyl (C=O) groups is 2. The zero-order valence-corrected chi connectivity index (χ0v) is 12.9.